The smallest absolute Gasteiger partial charge is 0.435 e. The number of nitrogens with zero attached hydrogens (tertiary/aromatic N) is 3. The van der Waals surface area contributed by atoms with Crippen molar-refractivity contribution in [2.75, 3.05) is 20.2 Å². The zero-order valence-corrected chi connectivity index (χ0v) is 20.9. The Hall–Kier alpha value is -3.36. The molecule has 1 fully saturated rings. The highest BCUT2D eigenvalue weighted by atomic mass is 16.6. The topological polar surface area (TPSA) is 100.0 Å². The van der Waals surface area contributed by atoms with Gasteiger partial charge in [-0.25, -0.2) is 14.4 Å². The van der Waals surface area contributed by atoms with Gasteiger partial charge in [0.25, 0.3) is 0 Å². The van der Waals surface area contributed by atoms with Crippen LogP contribution in [-0.2, 0) is 14.2 Å². The molecule has 1 aromatic carbocycles. The van der Waals surface area contributed by atoms with E-state index in [0.29, 0.717) is 41.9 Å². The van der Waals surface area contributed by atoms with Crippen LogP contribution < -0.4 is 0 Å². The summed E-state index contributed by atoms with van der Waals surface area (Å²) in [6.07, 6.45) is 1.28. The van der Waals surface area contributed by atoms with Gasteiger partial charge in [0, 0.05) is 30.8 Å². The van der Waals surface area contributed by atoms with Crippen molar-refractivity contribution >= 4 is 18.2 Å². The van der Waals surface area contributed by atoms with Crippen molar-refractivity contribution in [1.29, 1.82) is 0 Å². The van der Waals surface area contributed by atoms with E-state index in [4.69, 9.17) is 14.2 Å². The lowest BCUT2D eigenvalue weighted by atomic mass is 9.96. The summed E-state index contributed by atoms with van der Waals surface area (Å²) in [6, 6.07) is 6.95. The third kappa shape index (κ3) is 6.15. The van der Waals surface area contributed by atoms with Crippen molar-refractivity contribution in [3.05, 3.63) is 41.7 Å². The number of rotatable bonds is 3. The van der Waals surface area contributed by atoms with Gasteiger partial charge in [0.2, 0.25) is 0 Å². The number of benzene rings is 1. The van der Waals surface area contributed by atoms with Gasteiger partial charge in [-0.15, -0.1) is 0 Å². The van der Waals surface area contributed by atoms with Crippen molar-refractivity contribution in [3.8, 4) is 11.1 Å². The summed E-state index contributed by atoms with van der Waals surface area (Å²) in [5.74, 6) is -0.576. The summed E-state index contributed by atoms with van der Waals surface area (Å²) in [5, 5.41) is 4.56. The lowest BCUT2D eigenvalue weighted by molar-refractivity contribution is 0.0291. The number of carbonyl (C=O) groups is 3. The molecule has 34 heavy (non-hydrogen) atoms. The molecule has 1 aliphatic heterocycles. The van der Waals surface area contributed by atoms with Crippen LogP contribution in [0.25, 0.3) is 11.1 Å². The molecule has 0 aliphatic carbocycles. The van der Waals surface area contributed by atoms with Gasteiger partial charge in [-0.2, -0.15) is 9.78 Å². The molecular weight excluding hydrogens is 438 g/mol. The number of hydrogen-bond donors (Lipinski definition) is 0. The highest BCUT2D eigenvalue weighted by Gasteiger charge is 2.34. The van der Waals surface area contributed by atoms with Crippen molar-refractivity contribution in [2.45, 2.75) is 65.1 Å². The zero-order valence-electron chi connectivity index (χ0n) is 20.9. The number of amides is 1. The number of methoxy groups -OCH3 is 1. The molecule has 1 amide bonds. The minimum absolute atomic E-state index is 0.118. The van der Waals surface area contributed by atoms with Crippen LogP contribution in [0.2, 0.25) is 0 Å². The predicted octanol–water partition coefficient (Wildman–Crippen LogP) is 4.84. The van der Waals surface area contributed by atoms with E-state index in [1.807, 2.05) is 26.8 Å². The molecule has 1 aromatic heterocycles. The standard InChI is InChI=1S/C25H33N3O6/c1-24(2,3)33-22(30)27-12-11-18(14-27)20-19(15-28(26-20)23(31)34-25(4,5)6)16-9-8-10-17(13-16)21(29)32-7/h8-10,13,15,18H,11-12,14H2,1-7H3/t18-/m0/s1. The van der Waals surface area contributed by atoms with Crippen LogP contribution in [-0.4, -0.2) is 64.2 Å². The van der Waals surface area contributed by atoms with E-state index in [0.717, 1.165) is 0 Å². The van der Waals surface area contributed by atoms with Gasteiger partial charge in [0.05, 0.1) is 18.4 Å². The van der Waals surface area contributed by atoms with Crippen molar-refractivity contribution in [1.82, 2.24) is 14.7 Å². The number of likely N-dealkylation sites (tertiary alicyclic amines) is 1. The summed E-state index contributed by atoms with van der Waals surface area (Å²) in [7, 11) is 1.32. The highest BCUT2D eigenvalue weighted by Crippen LogP contribution is 2.35. The maximum absolute atomic E-state index is 12.7. The molecule has 1 saturated heterocycles. The Kier molecular flexibility index (Phi) is 7.05. The summed E-state index contributed by atoms with van der Waals surface area (Å²) in [4.78, 5) is 39.0. The van der Waals surface area contributed by atoms with Crippen LogP contribution in [0.5, 0.6) is 0 Å². The van der Waals surface area contributed by atoms with Crippen LogP contribution in [0, 0.1) is 0 Å². The zero-order chi connectivity index (χ0) is 25.3. The second kappa shape index (κ2) is 9.48. The number of esters is 1. The van der Waals surface area contributed by atoms with Crippen molar-refractivity contribution in [2.24, 2.45) is 0 Å². The summed E-state index contributed by atoms with van der Waals surface area (Å²) in [6.45, 7) is 11.8. The Morgan fingerprint density at radius 1 is 1.00 bits per heavy atom. The normalized spacial score (nSPS) is 16.3. The fourth-order valence-electron chi connectivity index (χ4n) is 3.72. The monoisotopic (exact) mass is 471 g/mol. The summed E-state index contributed by atoms with van der Waals surface area (Å²) < 4.78 is 17.0. The van der Waals surface area contributed by atoms with E-state index in [1.54, 1.807) is 50.1 Å². The molecule has 0 unspecified atom stereocenters. The van der Waals surface area contributed by atoms with Gasteiger partial charge >= 0.3 is 18.2 Å². The predicted molar refractivity (Wildman–Crippen MR) is 126 cm³/mol. The third-order valence-corrected chi connectivity index (χ3v) is 5.14. The van der Waals surface area contributed by atoms with E-state index in [9.17, 15) is 14.4 Å². The highest BCUT2D eigenvalue weighted by molar-refractivity contribution is 5.91. The van der Waals surface area contributed by atoms with Gasteiger partial charge in [-0.3, -0.25) is 0 Å². The van der Waals surface area contributed by atoms with E-state index in [-0.39, 0.29) is 12.0 Å². The Bertz CT molecular complexity index is 1080. The molecule has 9 nitrogen and oxygen atoms in total. The molecule has 0 bridgehead atoms. The van der Waals surface area contributed by atoms with Crippen LogP contribution in [0.15, 0.2) is 30.5 Å². The van der Waals surface area contributed by atoms with E-state index >= 15 is 0 Å². The van der Waals surface area contributed by atoms with Gasteiger partial charge in [-0.1, -0.05) is 12.1 Å². The maximum Gasteiger partial charge on any atom is 0.435 e. The fraction of sp³-hybridized carbons (Fsp3) is 0.520. The lowest BCUT2D eigenvalue weighted by Gasteiger charge is -2.24. The van der Waals surface area contributed by atoms with E-state index in [1.165, 1.54) is 11.8 Å². The molecule has 1 atom stereocenters. The van der Waals surface area contributed by atoms with Gasteiger partial charge in [0.1, 0.15) is 11.2 Å². The number of hydrogen-bond acceptors (Lipinski definition) is 7. The molecule has 1 aliphatic rings. The Balaban J connectivity index is 1.97. The van der Waals surface area contributed by atoms with E-state index < -0.39 is 23.3 Å². The first-order valence-corrected chi connectivity index (χ1v) is 11.3. The average molecular weight is 472 g/mol. The molecule has 0 spiro atoms. The minimum atomic E-state index is -0.685. The first-order chi connectivity index (χ1) is 15.8. The van der Waals surface area contributed by atoms with Gasteiger partial charge in [-0.05, 0) is 65.7 Å². The van der Waals surface area contributed by atoms with Gasteiger partial charge in [0.15, 0.2) is 0 Å². The largest absolute Gasteiger partial charge is 0.465 e. The Labute approximate surface area is 200 Å². The average Bonchev–Trinajstić information content (AvgIpc) is 3.38. The molecule has 0 radical (unpaired) electrons. The molecule has 0 N–H and O–H groups in total. The minimum Gasteiger partial charge on any atom is -0.465 e. The lowest BCUT2D eigenvalue weighted by Crippen LogP contribution is -2.35. The molecular formula is C25H33N3O6. The van der Waals surface area contributed by atoms with Crippen molar-refractivity contribution in [3.63, 3.8) is 0 Å². The van der Waals surface area contributed by atoms with Crippen LogP contribution >= 0.6 is 0 Å². The number of ether oxygens (including phenoxy) is 3. The number of aromatic nitrogens is 2. The van der Waals surface area contributed by atoms with Crippen LogP contribution in [0.1, 0.15) is 69.9 Å². The molecule has 184 valence electrons. The quantitative estimate of drug-likeness (QED) is 0.466. The molecule has 2 heterocycles. The molecule has 2 aromatic rings. The second-order valence-electron chi connectivity index (χ2n) is 10.3. The fourth-order valence-corrected chi connectivity index (χ4v) is 3.72. The van der Waals surface area contributed by atoms with Crippen LogP contribution in [0.3, 0.4) is 0 Å². The molecule has 9 heteroatoms. The summed E-state index contributed by atoms with van der Waals surface area (Å²) in [5.41, 5.74) is 1.16. The van der Waals surface area contributed by atoms with E-state index in [2.05, 4.69) is 5.10 Å². The first kappa shape index (κ1) is 25.3. The second-order valence-corrected chi connectivity index (χ2v) is 10.3. The number of carbonyl (C=O) groups excluding carboxylic acids is 3. The molecule has 3 rings (SSSR count). The summed E-state index contributed by atoms with van der Waals surface area (Å²) >= 11 is 0. The van der Waals surface area contributed by atoms with Crippen LogP contribution in [0.4, 0.5) is 9.59 Å². The first-order valence-electron chi connectivity index (χ1n) is 11.3. The molecule has 0 saturated carbocycles. The Morgan fingerprint density at radius 2 is 1.65 bits per heavy atom. The Morgan fingerprint density at radius 3 is 2.26 bits per heavy atom. The maximum atomic E-state index is 12.7. The third-order valence-electron chi connectivity index (χ3n) is 5.14. The SMILES string of the molecule is COC(=O)c1cccc(-c2cn(C(=O)OC(C)(C)C)nc2[C@H]2CCN(C(=O)OC(C)(C)C)C2)c1. The van der Waals surface area contributed by atoms with Gasteiger partial charge < -0.3 is 19.1 Å². The van der Waals surface area contributed by atoms with Crippen molar-refractivity contribution < 1.29 is 28.6 Å².